The Hall–Kier alpha value is -2.29. The SMILES string of the molecule is Cc1c2c3n(c(=O)c1C#N)CCN3CCNC2=O. The third-order valence-corrected chi connectivity index (χ3v) is 3.59. The number of rotatable bonds is 0. The fourth-order valence-electron chi connectivity index (χ4n) is 2.70. The normalized spacial score (nSPS) is 16.9. The van der Waals surface area contributed by atoms with Crippen LogP contribution in [0, 0.1) is 18.3 Å². The molecule has 92 valence electrons. The summed E-state index contributed by atoms with van der Waals surface area (Å²) < 4.78 is 1.55. The number of anilines is 1. The number of nitrogens with zero attached hydrogens (tertiary/aromatic N) is 3. The molecule has 2 aliphatic heterocycles. The summed E-state index contributed by atoms with van der Waals surface area (Å²) in [6, 6.07) is 1.92. The number of nitrogens with one attached hydrogen (secondary N) is 1. The van der Waals surface area contributed by atoms with Gasteiger partial charge in [0.25, 0.3) is 11.5 Å². The number of amides is 1. The van der Waals surface area contributed by atoms with Crippen molar-refractivity contribution in [1.82, 2.24) is 9.88 Å². The lowest BCUT2D eigenvalue weighted by Gasteiger charge is -2.17. The molecular formula is C12H12N4O2. The first-order valence-corrected chi connectivity index (χ1v) is 5.85. The Morgan fingerprint density at radius 2 is 2.06 bits per heavy atom. The van der Waals surface area contributed by atoms with Crippen LogP contribution in [-0.4, -0.2) is 30.1 Å². The van der Waals surface area contributed by atoms with Crippen molar-refractivity contribution in [3.05, 3.63) is 27.0 Å². The van der Waals surface area contributed by atoms with Gasteiger partial charge in [0.15, 0.2) is 0 Å². The van der Waals surface area contributed by atoms with Crippen molar-refractivity contribution < 1.29 is 4.79 Å². The molecule has 18 heavy (non-hydrogen) atoms. The molecule has 0 saturated carbocycles. The number of hydrogen-bond acceptors (Lipinski definition) is 4. The van der Waals surface area contributed by atoms with Crippen LogP contribution in [0.4, 0.5) is 5.82 Å². The predicted octanol–water partition coefficient (Wildman–Crippen LogP) is -0.408. The molecule has 3 heterocycles. The smallest absolute Gasteiger partial charge is 0.270 e. The molecule has 1 amide bonds. The highest BCUT2D eigenvalue weighted by atomic mass is 16.2. The van der Waals surface area contributed by atoms with Crippen LogP contribution >= 0.6 is 0 Å². The topological polar surface area (TPSA) is 78.1 Å². The van der Waals surface area contributed by atoms with E-state index in [0.717, 1.165) is 0 Å². The quantitative estimate of drug-likeness (QED) is 0.673. The second kappa shape index (κ2) is 3.60. The van der Waals surface area contributed by atoms with Crippen LogP contribution < -0.4 is 15.8 Å². The lowest BCUT2D eigenvalue weighted by Crippen LogP contribution is -2.30. The van der Waals surface area contributed by atoms with Crippen molar-refractivity contribution in [2.75, 3.05) is 24.5 Å². The van der Waals surface area contributed by atoms with Gasteiger partial charge in [-0.1, -0.05) is 0 Å². The fourth-order valence-corrected chi connectivity index (χ4v) is 2.70. The minimum Gasteiger partial charge on any atom is -0.354 e. The Labute approximate surface area is 103 Å². The lowest BCUT2D eigenvalue weighted by molar-refractivity contribution is 0.0956. The largest absolute Gasteiger partial charge is 0.354 e. The van der Waals surface area contributed by atoms with Gasteiger partial charge in [-0.2, -0.15) is 5.26 Å². The van der Waals surface area contributed by atoms with Crippen LogP contribution in [-0.2, 0) is 6.54 Å². The average molecular weight is 244 g/mol. The molecule has 6 heteroatoms. The second-order valence-electron chi connectivity index (χ2n) is 4.51. The zero-order chi connectivity index (χ0) is 12.9. The van der Waals surface area contributed by atoms with Crippen molar-refractivity contribution in [1.29, 1.82) is 5.26 Å². The number of hydrogen-bond donors (Lipinski definition) is 1. The van der Waals surface area contributed by atoms with Gasteiger partial charge in [-0.05, 0) is 12.5 Å². The van der Waals surface area contributed by atoms with Crippen molar-refractivity contribution in [3.63, 3.8) is 0 Å². The zero-order valence-electron chi connectivity index (χ0n) is 9.99. The Kier molecular flexibility index (Phi) is 2.17. The highest BCUT2D eigenvalue weighted by Gasteiger charge is 2.32. The maximum Gasteiger partial charge on any atom is 0.270 e. The molecule has 0 aromatic carbocycles. The minimum absolute atomic E-state index is 0.0765. The van der Waals surface area contributed by atoms with Gasteiger partial charge >= 0.3 is 0 Å². The van der Waals surface area contributed by atoms with Gasteiger partial charge in [-0.3, -0.25) is 14.2 Å². The van der Waals surface area contributed by atoms with Crippen molar-refractivity contribution in [3.8, 4) is 6.07 Å². The molecule has 0 radical (unpaired) electrons. The molecule has 0 aliphatic carbocycles. The van der Waals surface area contributed by atoms with Crippen LogP contribution in [0.2, 0.25) is 0 Å². The van der Waals surface area contributed by atoms with Gasteiger partial charge in [-0.25, -0.2) is 0 Å². The molecule has 0 bridgehead atoms. The molecule has 6 nitrogen and oxygen atoms in total. The molecule has 1 aromatic heterocycles. The lowest BCUT2D eigenvalue weighted by atomic mass is 10.0. The van der Waals surface area contributed by atoms with E-state index in [4.69, 9.17) is 5.26 Å². The first-order chi connectivity index (χ1) is 8.65. The molecule has 0 unspecified atom stereocenters. The van der Waals surface area contributed by atoms with E-state index in [0.29, 0.717) is 43.1 Å². The van der Waals surface area contributed by atoms with Gasteiger partial charge in [-0.15, -0.1) is 0 Å². The van der Waals surface area contributed by atoms with E-state index in [1.54, 1.807) is 11.5 Å². The van der Waals surface area contributed by atoms with Crippen molar-refractivity contribution in [2.45, 2.75) is 13.5 Å². The van der Waals surface area contributed by atoms with Gasteiger partial charge in [0.05, 0.1) is 5.56 Å². The Morgan fingerprint density at radius 1 is 1.28 bits per heavy atom. The number of carbonyl (C=O) groups is 1. The molecule has 0 atom stereocenters. The van der Waals surface area contributed by atoms with Crippen molar-refractivity contribution in [2.24, 2.45) is 0 Å². The van der Waals surface area contributed by atoms with Gasteiger partial charge in [0.2, 0.25) is 0 Å². The second-order valence-corrected chi connectivity index (χ2v) is 4.51. The van der Waals surface area contributed by atoms with Crippen LogP contribution in [0.15, 0.2) is 4.79 Å². The average Bonchev–Trinajstić information content (AvgIpc) is 2.67. The van der Waals surface area contributed by atoms with Crippen LogP contribution in [0.5, 0.6) is 0 Å². The Morgan fingerprint density at radius 3 is 2.78 bits per heavy atom. The molecule has 1 aromatic rings. The van der Waals surface area contributed by atoms with Crippen LogP contribution in [0.25, 0.3) is 0 Å². The number of pyridine rings is 1. The highest BCUT2D eigenvalue weighted by molar-refractivity contribution is 6.01. The summed E-state index contributed by atoms with van der Waals surface area (Å²) in [5, 5.41) is 11.9. The summed E-state index contributed by atoms with van der Waals surface area (Å²) >= 11 is 0. The summed E-state index contributed by atoms with van der Waals surface area (Å²) in [6.45, 7) is 4.18. The van der Waals surface area contributed by atoms with Crippen LogP contribution in [0.1, 0.15) is 21.5 Å². The molecule has 0 fully saturated rings. The predicted molar refractivity (Wildman–Crippen MR) is 64.7 cm³/mol. The third-order valence-electron chi connectivity index (χ3n) is 3.59. The minimum atomic E-state index is -0.286. The van der Waals surface area contributed by atoms with E-state index in [1.165, 1.54) is 0 Å². The maximum absolute atomic E-state index is 12.2. The number of nitriles is 1. The first-order valence-electron chi connectivity index (χ1n) is 5.85. The van der Waals surface area contributed by atoms with E-state index >= 15 is 0 Å². The first kappa shape index (κ1) is 10.8. The Bertz CT molecular complexity index is 654. The summed E-state index contributed by atoms with van der Waals surface area (Å²) in [5.41, 5.74) is 0.750. The number of aromatic nitrogens is 1. The zero-order valence-corrected chi connectivity index (χ0v) is 9.99. The summed E-state index contributed by atoms with van der Waals surface area (Å²) in [4.78, 5) is 26.3. The Balaban J connectivity index is 2.44. The fraction of sp³-hybridized carbons (Fsp3) is 0.417. The van der Waals surface area contributed by atoms with E-state index in [-0.39, 0.29) is 17.0 Å². The van der Waals surface area contributed by atoms with Gasteiger partial charge in [0, 0.05) is 26.2 Å². The molecule has 1 N–H and O–H groups in total. The van der Waals surface area contributed by atoms with E-state index in [9.17, 15) is 9.59 Å². The monoisotopic (exact) mass is 244 g/mol. The molecule has 0 saturated heterocycles. The van der Waals surface area contributed by atoms with E-state index < -0.39 is 0 Å². The van der Waals surface area contributed by atoms with E-state index in [2.05, 4.69) is 5.32 Å². The number of carbonyl (C=O) groups excluding carboxylic acids is 1. The van der Waals surface area contributed by atoms with E-state index in [1.807, 2.05) is 11.0 Å². The van der Waals surface area contributed by atoms with Gasteiger partial charge < -0.3 is 10.2 Å². The highest BCUT2D eigenvalue weighted by Crippen LogP contribution is 2.29. The maximum atomic E-state index is 12.2. The molecule has 0 spiro atoms. The molecule has 3 rings (SSSR count). The summed E-state index contributed by atoms with van der Waals surface area (Å²) in [5.74, 6) is 0.476. The van der Waals surface area contributed by atoms with Crippen molar-refractivity contribution >= 4 is 11.7 Å². The standard InChI is InChI=1S/C12H12N4O2/c1-7-8(6-13)12(18)16-5-4-15-3-2-14-10(17)9(7)11(15)16/h2-5H2,1H3,(H,14,17). The van der Waals surface area contributed by atoms with Gasteiger partial charge in [0.1, 0.15) is 17.5 Å². The molecule has 2 aliphatic rings. The summed E-state index contributed by atoms with van der Waals surface area (Å²) in [6.07, 6.45) is 0. The third kappa shape index (κ3) is 1.21. The molecular weight excluding hydrogens is 232 g/mol. The summed E-state index contributed by atoms with van der Waals surface area (Å²) in [7, 11) is 0. The van der Waals surface area contributed by atoms with Crippen LogP contribution in [0.3, 0.4) is 0 Å².